The first-order valence-corrected chi connectivity index (χ1v) is 7.57. The molecule has 0 atom stereocenters. The number of hydrogen-bond donors (Lipinski definition) is 1. The Bertz CT molecular complexity index is 312. The molecule has 1 heterocycles. The zero-order chi connectivity index (χ0) is 12.7. The first kappa shape index (κ1) is 14.7. The van der Waals surface area contributed by atoms with E-state index in [4.69, 9.17) is 4.98 Å². The second-order valence-corrected chi connectivity index (χ2v) is 6.53. The van der Waals surface area contributed by atoms with E-state index in [-0.39, 0.29) is 5.41 Å². The van der Waals surface area contributed by atoms with Crippen molar-refractivity contribution in [3.8, 4) is 0 Å². The van der Waals surface area contributed by atoms with E-state index in [0.717, 1.165) is 19.5 Å². The number of rotatable bonds is 7. The maximum absolute atomic E-state index is 4.71. The lowest BCUT2D eigenvalue weighted by molar-refractivity contribution is 0.568. The van der Waals surface area contributed by atoms with E-state index in [0.29, 0.717) is 0 Å². The minimum Gasteiger partial charge on any atom is -0.317 e. The van der Waals surface area contributed by atoms with E-state index in [1.807, 2.05) is 11.3 Å². The Morgan fingerprint density at radius 3 is 2.59 bits per heavy atom. The summed E-state index contributed by atoms with van der Waals surface area (Å²) in [6.07, 6.45) is 4.86. The fraction of sp³-hybridized carbons (Fsp3) is 0.786. The Morgan fingerprint density at radius 1 is 1.24 bits per heavy atom. The molecule has 0 aromatic carbocycles. The highest BCUT2D eigenvalue weighted by molar-refractivity contribution is 7.09. The largest absolute Gasteiger partial charge is 0.317 e. The van der Waals surface area contributed by atoms with E-state index in [1.165, 1.54) is 30.0 Å². The summed E-state index contributed by atoms with van der Waals surface area (Å²) in [4.78, 5) is 4.71. The minimum atomic E-state index is 0.192. The highest BCUT2D eigenvalue weighted by Gasteiger charge is 2.16. The van der Waals surface area contributed by atoms with Crippen LogP contribution in [0.3, 0.4) is 0 Å². The van der Waals surface area contributed by atoms with Crippen molar-refractivity contribution in [1.82, 2.24) is 10.3 Å². The Balaban J connectivity index is 2.21. The van der Waals surface area contributed by atoms with Crippen LogP contribution in [-0.2, 0) is 11.8 Å². The third-order valence-corrected chi connectivity index (χ3v) is 3.65. The van der Waals surface area contributed by atoms with Gasteiger partial charge in [0.25, 0.3) is 0 Å². The van der Waals surface area contributed by atoms with Crippen LogP contribution in [0.15, 0.2) is 5.38 Å². The molecule has 0 fully saturated rings. The van der Waals surface area contributed by atoms with Gasteiger partial charge in [-0.05, 0) is 38.8 Å². The van der Waals surface area contributed by atoms with Crippen molar-refractivity contribution in [3.63, 3.8) is 0 Å². The second-order valence-electron chi connectivity index (χ2n) is 5.58. The van der Waals surface area contributed by atoms with Gasteiger partial charge in [0.05, 0.1) is 10.7 Å². The lowest BCUT2D eigenvalue weighted by Crippen LogP contribution is -2.15. The van der Waals surface area contributed by atoms with Crippen molar-refractivity contribution >= 4 is 11.3 Å². The Kier molecular flexibility index (Phi) is 6.14. The Labute approximate surface area is 110 Å². The number of nitrogens with zero attached hydrogens (tertiary/aromatic N) is 1. The van der Waals surface area contributed by atoms with Gasteiger partial charge in [-0.3, -0.25) is 0 Å². The normalized spacial score (nSPS) is 12.0. The third-order valence-electron chi connectivity index (χ3n) is 2.74. The molecule has 1 aromatic rings. The van der Waals surface area contributed by atoms with Gasteiger partial charge in [-0.25, -0.2) is 4.98 Å². The van der Waals surface area contributed by atoms with Gasteiger partial charge in [0.15, 0.2) is 0 Å². The second kappa shape index (κ2) is 7.12. The van der Waals surface area contributed by atoms with E-state index in [2.05, 4.69) is 38.4 Å². The monoisotopic (exact) mass is 254 g/mol. The molecule has 0 saturated carbocycles. The van der Waals surface area contributed by atoms with E-state index >= 15 is 0 Å². The van der Waals surface area contributed by atoms with Crippen molar-refractivity contribution in [2.45, 2.75) is 58.8 Å². The molecule has 0 saturated heterocycles. The molecule has 3 heteroatoms. The summed E-state index contributed by atoms with van der Waals surface area (Å²) in [5, 5.41) is 6.94. The van der Waals surface area contributed by atoms with Gasteiger partial charge < -0.3 is 5.32 Å². The van der Waals surface area contributed by atoms with E-state index in [1.54, 1.807) is 0 Å². The van der Waals surface area contributed by atoms with Crippen LogP contribution in [0.1, 0.15) is 57.7 Å². The summed E-state index contributed by atoms with van der Waals surface area (Å²) in [6, 6.07) is 0. The Morgan fingerprint density at radius 2 is 2.00 bits per heavy atom. The van der Waals surface area contributed by atoms with Crippen molar-refractivity contribution < 1.29 is 0 Å². The van der Waals surface area contributed by atoms with Gasteiger partial charge in [-0.1, -0.05) is 27.7 Å². The molecule has 1 N–H and O–H groups in total. The number of hydrogen-bond acceptors (Lipinski definition) is 3. The molecular formula is C14H26N2S. The quantitative estimate of drug-likeness (QED) is 0.749. The summed E-state index contributed by atoms with van der Waals surface area (Å²) >= 11 is 1.81. The molecule has 17 heavy (non-hydrogen) atoms. The number of aryl methyl sites for hydroxylation is 1. The first-order valence-electron chi connectivity index (χ1n) is 6.69. The number of thiazole rings is 1. The molecule has 0 amide bonds. The van der Waals surface area contributed by atoms with Gasteiger partial charge >= 0.3 is 0 Å². The molecule has 0 aliphatic carbocycles. The van der Waals surface area contributed by atoms with Crippen LogP contribution in [0.5, 0.6) is 0 Å². The first-order chi connectivity index (χ1) is 8.04. The molecule has 2 nitrogen and oxygen atoms in total. The summed E-state index contributed by atoms with van der Waals surface area (Å²) in [6.45, 7) is 11.2. The Hall–Kier alpha value is -0.410. The zero-order valence-corrected chi connectivity index (χ0v) is 12.5. The van der Waals surface area contributed by atoms with Crippen LogP contribution in [0, 0.1) is 0 Å². The molecular weight excluding hydrogens is 228 g/mol. The summed E-state index contributed by atoms with van der Waals surface area (Å²) in [5.74, 6) is 0. The molecule has 0 unspecified atom stereocenters. The standard InChI is InChI=1S/C14H26N2S/c1-5-9-15-10-7-6-8-13-16-12(11-17-13)14(2,3)4/h11,15H,5-10H2,1-4H3. The average molecular weight is 254 g/mol. The predicted molar refractivity (Wildman–Crippen MR) is 76.9 cm³/mol. The van der Waals surface area contributed by atoms with Crippen LogP contribution < -0.4 is 5.32 Å². The summed E-state index contributed by atoms with van der Waals surface area (Å²) in [7, 11) is 0. The zero-order valence-electron chi connectivity index (χ0n) is 11.7. The third kappa shape index (κ3) is 5.64. The smallest absolute Gasteiger partial charge is 0.0928 e. The van der Waals surface area contributed by atoms with Crippen LogP contribution in [0.25, 0.3) is 0 Å². The van der Waals surface area contributed by atoms with Crippen molar-refractivity contribution in [3.05, 3.63) is 16.1 Å². The number of aromatic nitrogens is 1. The molecule has 1 rings (SSSR count). The molecule has 0 aliphatic rings. The lowest BCUT2D eigenvalue weighted by atomic mass is 9.93. The molecule has 0 spiro atoms. The number of nitrogens with one attached hydrogen (secondary N) is 1. The van der Waals surface area contributed by atoms with Gasteiger partial charge in [-0.15, -0.1) is 11.3 Å². The highest BCUT2D eigenvalue weighted by Crippen LogP contribution is 2.24. The van der Waals surface area contributed by atoms with E-state index in [9.17, 15) is 0 Å². The maximum atomic E-state index is 4.71. The maximum Gasteiger partial charge on any atom is 0.0928 e. The fourth-order valence-electron chi connectivity index (χ4n) is 1.60. The van der Waals surface area contributed by atoms with Crippen LogP contribution in [0.2, 0.25) is 0 Å². The van der Waals surface area contributed by atoms with Crippen LogP contribution in [0.4, 0.5) is 0 Å². The van der Waals surface area contributed by atoms with Crippen molar-refractivity contribution in [2.24, 2.45) is 0 Å². The van der Waals surface area contributed by atoms with Crippen molar-refractivity contribution in [2.75, 3.05) is 13.1 Å². The molecule has 0 bridgehead atoms. The van der Waals surface area contributed by atoms with Gasteiger partial charge in [0.1, 0.15) is 0 Å². The predicted octanol–water partition coefficient (Wildman–Crippen LogP) is 3.76. The molecule has 0 radical (unpaired) electrons. The molecule has 98 valence electrons. The molecule has 1 aromatic heterocycles. The van der Waals surface area contributed by atoms with Gasteiger partial charge in [0, 0.05) is 10.8 Å². The number of unbranched alkanes of at least 4 members (excludes halogenated alkanes) is 1. The average Bonchev–Trinajstić information content (AvgIpc) is 2.71. The SMILES string of the molecule is CCCNCCCCc1nc(C(C)(C)C)cs1. The van der Waals surface area contributed by atoms with Crippen LogP contribution in [-0.4, -0.2) is 18.1 Å². The molecule has 0 aliphatic heterocycles. The topological polar surface area (TPSA) is 24.9 Å². The minimum absolute atomic E-state index is 0.192. The summed E-state index contributed by atoms with van der Waals surface area (Å²) in [5.41, 5.74) is 1.43. The van der Waals surface area contributed by atoms with Crippen molar-refractivity contribution in [1.29, 1.82) is 0 Å². The van der Waals surface area contributed by atoms with Crippen LogP contribution >= 0.6 is 11.3 Å². The lowest BCUT2D eigenvalue weighted by Gasteiger charge is -2.14. The fourth-order valence-corrected chi connectivity index (χ4v) is 2.67. The summed E-state index contributed by atoms with van der Waals surface area (Å²) < 4.78 is 0. The van der Waals surface area contributed by atoms with E-state index < -0.39 is 0 Å². The van der Waals surface area contributed by atoms with Gasteiger partial charge in [-0.2, -0.15) is 0 Å². The van der Waals surface area contributed by atoms with Gasteiger partial charge in [0.2, 0.25) is 0 Å². The highest BCUT2D eigenvalue weighted by atomic mass is 32.1.